The van der Waals surface area contributed by atoms with Crippen LogP contribution in [0.25, 0.3) is 5.69 Å². The number of benzene rings is 2. The number of hydrogen-bond donors (Lipinski definition) is 1. The van der Waals surface area contributed by atoms with Crippen molar-refractivity contribution in [3.8, 4) is 11.4 Å². The standard InChI is InChI=1S/C26H24N4OS/c1-31-21-12-7-11-20(17-21)29-16-8-14-23(29)25-24(22-13-5-6-15-27-22)28-26(32)30(25)18-19-9-3-2-4-10-19/h2-17,24-25H,18H2,1H3,(H,28,32)/t24-,25-/m1/s1. The van der Waals surface area contributed by atoms with E-state index in [1.165, 1.54) is 5.56 Å². The van der Waals surface area contributed by atoms with Crippen LogP contribution in [0.4, 0.5) is 0 Å². The highest BCUT2D eigenvalue weighted by atomic mass is 32.1. The zero-order chi connectivity index (χ0) is 21.9. The summed E-state index contributed by atoms with van der Waals surface area (Å²) in [6, 6.07) is 28.7. The minimum absolute atomic E-state index is 0.0289. The number of thiocarbonyl (C=S) groups is 1. The second-order valence-corrected chi connectivity index (χ2v) is 8.13. The third-order valence-corrected chi connectivity index (χ3v) is 6.16. The predicted molar refractivity (Wildman–Crippen MR) is 130 cm³/mol. The number of nitrogens with zero attached hydrogens (tertiary/aromatic N) is 3. The molecule has 0 aliphatic carbocycles. The Balaban J connectivity index is 1.60. The number of aromatic nitrogens is 2. The van der Waals surface area contributed by atoms with Gasteiger partial charge in [-0.25, -0.2) is 0 Å². The summed E-state index contributed by atoms with van der Waals surface area (Å²) in [6.07, 6.45) is 3.92. The van der Waals surface area contributed by atoms with E-state index in [9.17, 15) is 0 Å². The molecule has 6 heteroatoms. The first-order valence-corrected chi connectivity index (χ1v) is 11.0. The Morgan fingerprint density at radius 2 is 1.81 bits per heavy atom. The van der Waals surface area contributed by atoms with Crippen molar-refractivity contribution in [3.63, 3.8) is 0 Å². The molecule has 160 valence electrons. The molecule has 0 amide bonds. The van der Waals surface area contributed by atoms with Crippen molar-refractivity contribution in [2.24, 2.45) is 0 Å². The molecular weight excluding hydrogens is 416 g/mol. The van der Waals surface area contributed by atoms with Crippen LogP contribution in [0, 0.1) is 0 Å². The highest BCUT2D eigenvalue weighted by Gasteiger charge is 2.41. The van der Waals surface area contributed by atoms with Gasteiger partial charge < -0.3 is 19.5 Å². The first kappa shape index (κ1) is 20.3. The largest absolute Gasteiger partial charge is 0.497 e. The second-order valence-electron chi connectivity index (χ2n) is 7.74. The molecule has 1 saturated heterocycles. The topological polar surface area (TPSA) is 42.3 Å². The maximum Gasteiger partial charge on any atom is 0.170 e. The van der Waals surface area contributed by atoms with E-state index < -0.39 is 0 Å². The zero-order valence-electron chi connectivity index (χ0n) is 17.8. The molecule has 0 saturated carbocycles. The molecule has 1 aliphatic rings. The molecule has 2 atom stereocenters. The van der Waals surface area contributed by atoms with Gasteiger partial charge in [-0.2, -0.15) is 0 Å². The van der Waals surface area contributed by atoms with Crippen LogP contribution in [0.2, 0.25) is 0 Å². The number of nitrogens with one attached hydrogen (secondary N) is 1. The van der Waals surface area contributed by atoms with Gasteiger partial charge in [0.15, 0.2) is 5.11 Å². The lowest BCUT2D eigenvalue weighted by Gasteiger charge is -2.29. The summed E-state index contributed by atoms with van der Waals surface area (Å²) in [7, 11) is 1.69. The molecule has 1 N–H and O–H groups in total. The molecule has 3 heterocycles. The van der Waals surface area contributed by atoms with E-state index in [1.807, 2.05) is 42.6 Å². The van der Waals surface area contributed by atoms with Crippen molar-refractivity contribution in [2.45, 2.75) is 18.6 Å². The molecule has 0 radical (unpaired) electrons. The Labute approximate surface area is 193 Å². The molecule has 0 bridgehead atoms. The number of rotatable bonds is 6. The molecule has 1 fully saturated rings. The molecule has 32 heavy (non-hydrogen) atoms. The average molecular weight is 441 g/mol. The Kier molecular flexibility index (Phi) is 5.60. The van der Waals surface area contributed by atoms with Crippen LogP contribution in [0.5, 0.6) is 5.75 Å². The van der Waals surface area contributed by atoms with Crippen LogP contribution < -0.4 is 10.1 Å². The Morgan fingerprint density at radius 1 is 0.969 bits per heavy atom. The average Bonchev–Trinajstić information content (AvgIpc) is 3.45. The van der Waals surface area contributed by atoms with Gasteiger partial charge in [0, 0.05) is 36.4 Å². The Hall–Kier alpha value is -3.64. The molecule has 1 aliphatic heterocycles. The third kappa shape index (κ3) is 3.85. The fourth-order valence-corrected chi connectivity index (χ4v) is 4.61. The van der Waals surface area contributed by atoms with Crippen molar-refractivity contribution >= 4 is 17.3 Å². The molecule has 5 nitrogen and oxygen atoms in total. The minimum Gasteiger partial charge on any atom is -0.497 e. The van der Waals surface area contributed by atoms with Crippen molar-refractivity contribution in [1.82, 2.24) is 19.8 Å². The van der Waals surface area contributed by atoms with Crippen LogP contribution in [-0.2, 0) is 6.54 Å². The van der Waals surface area contributed by atoms with Crippen molar-refractivity contribution in [3.05, 3.63) is 114 Å². The lowest BCUT2D eigenvalue weighted by Crippen LogP contribution is -2.30. The summed E-state index contributed by atoms with van der Waals surface area (Å²) in [4.78, 5) is 6.91. The van der Waals surface area contributed by atoms with Crippen molar-refractivity contribution in [1.29, 1.82) is 0 Å². The van der Waals surface area contributed by atoms with Gasteiger partial charge >= 0.3 is 0 Å². The highest BCUT2D eigenvalue weighted by Crippen LogP contribution is 2.40. The number of pyridine rings is 1. The maximum atomic E-state index is 5.83. The van der Waals surface area contributed by atoms with Crippen LogP contribution >= 0.6 is 12.2 Å². The van der Waals surface area contributed by atoms with Crippen LogP contribution in [0.15, 0.2) is 97.3 Å². The number of hydrogen-bond acceptors (Lipinski definition) is 3. The summed E-state index contributed by atoms with van der Waals surface area (Å²) in [6.45, 7) is 0.712. The molecule has 2 aromatic carbocycles. The van der Waals surface area contributed by atoms with E-state index in [1.54, 1.807) is 7.11 Å². The smallest absolute Gasteiger partial charge is 0.170 e. The highest BCUT2D eigenvalue weighted by molar-refractivity contribution is 7.80. The fraction of sp³-hybridized carbons (Fsp3) is 0.154. The lowest BCUT2D eigenvalue weighted by atomic mass is 10.0. The number of methoxy groups -OCH3 is 1. The summed E-state index contributed by atoms with van der Waals surface area (Å²) in [5.74, 6) is 0.824. The van der Waals surface area contributed by atoms with Gasteiger partial charge in [0.1, 0.15) is 5.75 Å². The zero-order valence-corrected chi connectivity index (χ0v) is 18.6. The predicted octanol–water partition coefficient (Wildman–Crippen LogP) is 5.05. The lowest BCUT2D eigenvalue weighted by molar-refractivity contribution is 0.302. The summed E-state index contributed by atoms with van der Waals surface area (Å²) < 4.78 is 7.66. The molecule has 4 aromatic rings. The van der Waals surface area contributed by atoms with Crippen molar-refractivity contribution < 1.29 is 4.74 Å². The molecule has 0 spiro atoms. The summed E-state index contributed by atoms with van der Waals surface area (Å²) in [5.41, 5.74) is 4.36. The Bertz CT molecular complexity index is 1210. The summed E-state index contributed by atoms with van der Waals surface area (Å²) in [5, 5.41) is 4.27. The van der Waals surface area contributed by atoms with Crippen LogP contribution in [0.1, 0.15) is 29.0 Å². The second kappa shape index (κ2) is 8.85. The van der Waals surface area contributed by atoms with Gasteiger partial charge in [-0.05, 0) is 54.2 Å². The van der Waals surface area contributed by atoms with E-state index in [0.29, 0.717) is 6.54 Å². The molecule has 0 unspecified atom stereocenters. The van der Waals surface area contributed by atoms with Gasteiger partial charge in [-0.15, -0.1) is 0 Å². The number of ether oxygens (including phenoxy) is 1. The van der Waals surface area contributed by atoms with Crippen LogP contribution in [0.3, 0.4) is 0 Å². The first-order chi connectivity index (χ1) is 15.7. The van der Waals surface area contributed by atoms with E-state index in [2.05, 4.69) is 74.5 Å². The minimum atomic E-state index is -0.0633. The van der Waals surface area contributed by atoms with E-state index in [-0.39, 0.29) is 12.1 Å². The maximum absolute atomic E-state index is 5.83. The fourth-order valence-electron chi connectivity index (χ4n) is 4.31. The van der Waals surface area contributed by atoms with E-state index in [4.69, 9.17) is 17.0 Å². The van der Waals surface area contributed by atoms with Gasteiger partial charge in [0.25, 0.3) is 0 Å². The first-order valence-electron chi connectivity index (χ1n) is 10.6. The van der Waals surface area contributed by atoms with Crippen LogP contribution in [-0.4, -0.2) is 26.7 Å². The van der Waals surface area contributed by atoms with Gasteiger partial charge in [-0.1, -0.05) is 42.5 Å². The normalized spacial score (nSPS) is 17.9. The van der Waals surface area contributed by atoms with Gasteiger partial charge in [-0.3, -0.25) is 4.98 Å². The third-order valence-electron chi connectivity index (χ3n) is 5.81. The van der Waals surface area contributed by atoms with E-state index >= 15 is 0 Å². The van der Waals surface area contributed by atoms with Crippen molar-refractivity contribution in [2.75, 3.05) is 7.11 Å². The molecule has 2 aromatic heterocycles. The SMILES string of the molecule is COc1cccc(-n2cccc2[C@@H]2[C@@H](c3ccccn3)NC(=S)N2Cc2ccccc2)c1. The van der Waals surface area contributed by atoms with Gasteiger partial charge in [0.05, 0.1) is 24.9 Å². The van der Waals surface area contributed by atoms with E-state index in [0.717, 1.165) is 27.9 Å². The monoisotopic (exact) mass is 440 g/mol. The Morgan fingerprint density at radius 3 is 2.59 bits per heavy atom. The summed E-state index contributed by atoms with van der Waals surface area (Å²) >= 11 is 5.83. The molecule has 5 rings (SSSR count). The molecular formula is C26H24N4OS. The quantitative estimate of drug-likeness (QED) is 0.425. The van der Waals surface area contributed by atoms with Gasteiger partial charge in [0.2, 0.25) is 0 Å².